The van der Waals surface area contributed by atoms with Crippen molar-refractivity contribution >= 4 is 27.6 Å². The van der Waals surface area contributed by atoms with Crippen molar-refractivity contribution in [2.45, 2.75) is 6.92 Å². The number of carbonyl (C=O) groups excluding carboxylic acids is 1. The van der Waals surface area contributed by atoms with E-state index in [1.165, 1.54) is 0 Å². The van der Waals surface area contributed by atoms with Crippen LogP contribution in [0.3, 0.4) is 0 Å². The smallest absolute Gasteiger partial charge is 0.332 e. The number of carbonyl (C=O) groups is 1. The molecule has 0 fully saturated rings. The molecule has 1 aliphatic heterocycles. The summed E-state index contributed by atoms with van der Waals surface area (Å²) in [4.78, 5) is 14.9. The highest BCUT2D eigenvalue weighted by atomic mass is 79.9. The molecule has 0 aromatic carbocycles. The molecule has 1 aromatic heterocycles. The van der Waals surface area contributed by atoms with Crippen molar-refractivity contribution in [3.63, 3.8) is 0 Å². The van der Waals surface area contributed by atoms with Crippen LogP contribution in [0.25, 0.3) is 0 Å². The highest BCUT2D eigenvalue weighted by molar-refractivity contribution is 9.10. The number of hydrogen-bond donors (Lipinski definition) is 1. The Labute approximate surface area is 83.4 Å². The third kappa shape index (κ3) is 1.51. The molecule has 0 bridgehead atoms. The Hall–Kier alpha value is -1.10. The minimum atomic E-state index is -0.308. The van der Waals surface area contributed by atoms with E-state index in [2.05, 4.69) is 26.2 Å². The SMILES string of the molecule is Cc1cc(Br)nc2c1NCC(=O)O2. The summed E-state index contributed by atoms with van der Waals surface area (Å²) in [5.74, 6) is 0.0422. The third-order valence-corrected chi connectivity index (χ3v) is 2.18. The van der Waals surface area contributed by atoms with Crippen LogP contribution in [0.15, 0.2) is 10.7 Å². The molecule has 0 saturated heterocycles. The number of anilines is 1. The fourth-order valence-electron chi connectivity index (χ4n) is 1.20. The van der Waals surface area contributed by atoms with Crippen molar-refractivity contribution in [3.8, 4) is 5.88 Å². The number of nitrogens with one attached hydrogen (secondary N) is 1. The monoisotopic (exact) mass is 242 g/mol. The van der Waals surface area contributed by atoms with E-state index in [-0.39, 0.29) is 12.5 Å². The number of aryl methyl sites for hydroxylation is 1. The molecule has 1 aromatic rings. The van der Waals surface area contributed by atoms with Crippen LogP contribution in [0.5, 0.6) is 5.88 Å². The number of rotatable bonds is 0. The molecule has 1 N–H and O–H groups in total. The molecule has 2 rings (SSSR count). The van der Waals surface area contributed by atoms with Gasteiger partial charge in [-0.2, -0.15) is 0 Å². The molecule has 0 spiro atoms. The molecule has 68 valence electrons. The van der Waals surface area contributed by atoms with E-state index >= 15 is 0 Å². The van der Waals surface area contributed by atoms with Crippen molar-refractivity contribution in [1.29, 1.82) is 0 Å². The van der Waals surface area contributed by atoms with Gasteiger partial charge in [-0.25, -0.2) is 9.78 Å². The van der Waals surface area contributed by atoms with Gasteiger partial charge in [0.25, 0.3) is 0 Å². The zero-order chi connectivity index (χ0) is 9.42. The first kappa shape index (κ1) is 8.50. The molecule has 5 heteroatoms. The lowest BCUT2D eigenvalue weighted by atomic mass is 10.2. The molecular formula is C8H7BrN2O2. The summed E-state index contributed by atoms with van der Waals surface area (Å²) >= 11 is 3.23. The van der Waals surface area contributed by atoms with E-state index in [9.17, 15) is 4.79 Å². The lowest BCUT2D eigenvalue weighted by Crippen LogP contribution is -2.26. The van der Waals surface area contributed by atoms with Gasteiger partial charge in [0.2, 0.25) is 5.88 Å². The van der Waals surface area contributed by atoms with Gasteiger partial charge < -0.3 is 10.1 Å². The number of halogens is 1. The molecule has 0 unspecified atom stereocenters. The second-order valence-electron chi connectivity index (χ2n) is 2.77. The largest absolute Gasteiger partial charge is 0.404 e. The quantitative estimate of drug-likeness (QED) is 0.554. The molecule has 0 atom stereocenters. The number of ether oxygens (including phenoxy) is 1. The summed E-state index contributed by atoms with van der Waals surface area (Å²) in [6.07, 6.45) is 0. The van der Waals surface area contributed by atoms with Gasteiger partial charge in [-0.3, -0.25) is 0 Å². The minimum Gasteiger partial charge on any atom is -0.404 e. The van der Waals surface area contributed by atoms with Crippen LogP contribution in [-0.4, -0.2) is 17.5 Å². The van der Waals surface area contributed by atoms with E-state index < -0.39 is 0 Å². The molecule has 13 heavy (non-hydrogen) atoms. The third-order valence-electron chi connectivity index (χ3n) is 1.77. The molecule has 2 heterocycles. The number of fused-ring (bicyclic) bond motifs is 1. The van der Waals surface area contributed by atoms with E-state index in [1.807, 2.05) is 13.0 Å². The fraction of sp³-hybridized carbons (Fsp3) is 0.250. The molecule has 0 aliphatic carbocycles. The molecule has 1 aliphatic rings. The fourth-order valence-corrected chi connectivity index (χ4v) is 1.70. The Morgan fingerprint density at radius 3 is 3.23 bits per heavy atom. The molecular weight excluding hydrogens is 236 g/mol. The lowest BCUT2D eigenvalue weighted by Gasteiger charge is -2.18. The Morgan fingerprint density at radius 1 is 1.69 bits per heavy atom. The maximum atomic E-state index is 10.9. The van der Waals surface area contributed by atoms with E-state index in [1.54, 1.807) is 0 Å². The number of aromatic nitrogens is 1. The van der Waals surface area contributed by atoms with Crippen molar-refractivity contribution in [2.75, 3.05) is 11.9 Å². The topological polar surface area (TPSA) is 51.2 Å². The van der Waals surface area contributed by atoms with Gasteiger partial charge >= 0.3 is 5.97 Å². The molecule has 4 nitrogen and oxygen atoms in total. The van der Waals surface area contributed by atoms with Crippen molar-refractivity contribution in [3.05, 3.63) is 16.2 Å². The van der Waals surface area contributed by atoms with Crippen LogP contribution in [0.2, 0.25) is 0 Å². The maximum absolute atomic E-state index is 10.9. The van der Waals surface area contributed by atoms with Crippen molar-refractivity contribution in [1.82, 2.24) is 4.98 Å². The second kappa shape index (κ2) is 2.99. The minimum absolute atomic E-state index is 0.206. The molecule has 0 amide bonds. The Balaban J connectivity index is 2.53. The van der Waals surface area contributed by atoms with Crippen LogP contribution in [0.1, 0.15) is 5.56 Å². The van der Waals surface area contributed by atoms with E-state index in [4.69, 9.17) is 4.74 Å². The average molecular weight is 243 g/mol. The summed E-state index contributed by atoms with van der Waals surface area (Å²) in [6, 6.07) is 1.87. The number of hydrogen-bond acceptors (Lipinski definition) is 4. The Kier molecular flexibility index (Phi) is 1.95. The van der Waals surface area contributed by atoms with E-state index in [0.717, 1.165) is 11.3 Å². The Bertz CT molecular complexity index is 379. The normalized spacial score (nSPS) is 14.5. The highest BCUT2D eigenvalue weighted by Gasteiger charge is 2.19. The zero-order valence-corrected chi connectivity index (χ0v) is 8.51. The first-order valence-electron chi connectivity index (χ1n) is 3.78. The van der Waals surface area contributed by atoms with E-state index in [0.29, 0.717) is 10.5 Å². The lowest BCUT2D eigenvalue weighted by molar-refractivity contribution is -0.133. The predicted octanol–water partition coefficient (Wildman–Crippen LogP) is 1.48. The van der Waals surface area contributed by atoms with Gasteiger partial charge in [-0.15, -0.1) is 0 Å². The molecule has 0 radical (unpaired) electrons. The van der Waals surface area contributed by atoms with Gasteiger partial charge in [-0.05, 0) is 34.5 Å². The Morgan fingerprint density at radius 2 is 2.46 bits per heavy atom. The molecule has 0 saturated carbocycles. The summed E-state index contributed by atoms with van der Waals surface area (Å²) < 4.78 is 5.62. The predicted molar refractivity (Wildman–Crippen MR) is 50.8 cm³/mol. The first-order chi connectivity index (χ1) is 6.16. The average Bonchev–Trinajstić information content (AvgIpc) is 2.02. The van der Waals surface area contributed by atoms with Crippen LogP contribution in [0, 0.1) is 6.92 Å². The van der Waals surface area contributed by atoms with Crippen LogP contribution in [0.4, 0.5) is 5.69 Å². The maximum Gasteiger partial charge on any atom is 0.332 e. The van der Waals surface area contributed by atoms with Gasteiger partial charge in [0, 0.05) is 0 Å². The highest BCUT2D eigenvalue weighted by Crippen LogP contribution is 2.30. The van der Waals surface area contributed by atoms with Crippen molar-refractivity contribution < 1.29 is 9.53 Å². The number of nitrogens with zero attached hydrogens (tertiary/aromatic N) is 1. The summed E-state index contributed by atoms with van der Waals surface area (Å²) in [7, 11) is 0. The van der Waals surface area contributed by atoms with Gasteiger partial charge in [0.1, 0.15) is 16.8 Å². The first-order valence-corrected chi connectivity index (χ1v) is 4.58. The summed E-state index contributed by atoms with van der Waals surface area (Å²) in [6.45, 7) is 2.13. The van der Waals surface area contributed by atoms with Crippen LogP contribution in [-0.2, 0) is 4.79 Å². The zero-order valence-electron chi connectivity index (χ0n) is 6.93. The summed E-state index contributed by atoms with van der Waals surface area (Å²) in [5, 5.41) is 2.95. The van der Waals surface area contributed by atoms with Gasteiger partial charge in [0.15, 0.2) is 0 Å². The standard InChI is InChI=1S/C8H7BrN2O2/c1-4-2-5(9)11-8-7(4)10-3-6(12)13-8/h2,10H,3H2,1H3. The van der Waals surface area contributed by atoms with Crippen molar-refractivity contribution in [2.24, 2.45) is 0 Å². The number of pyridine rings is 1. The van der Waals surface area contributed by atoms with Crippen LogP contribution >= 0.6 is 15.9 Å². The van der Waals surface area contributed by atoms with Gasteiger partial charge in [0.05, 0.1) is 0 Å². The van der Waals surface area contributed by atoms with Crippen LogP contribution < -0.4 is 10.1 Å². The second-order valence-corrected chi connectivity index (χ2v) is 3.58. The number of esters is 1. The summed E-state index contributed by atoms with van der Waals surface area (Å²) in [5.41, 5.74) is 1.80. The van der Waals surface area contributed by atoms with Gasteiger partial charge in [-0.1, -0.05) is 0 Å².